The summed E-state index contributed by atoms with van der Waals surface area (Å²) in [5, 5.41) is 6.44. The molecule has 0 spiro atoms. The lowest BCUT2D eigenvalue weighted by atomic mass is 9.96. The van der Waals surface area contributed by atoms with Gasteiger partial charge in [0.2, 0.25) is 0 Å². The van der Waals surface area contributed by atoms with Crippen molar-refractivity contribution in [1.82, 2.24) is 15.6 Å². The van der Waals surface area contributed by atoms with E-state index in [4.69, 9.17) is 5.73 Å². The van der Waals surface area contributed by atoms with Gasteiger partial charge < -0.3 is 16.4 Å². The fourth-order valence-electron chi connectivity index (χ4n) is 2.42. The van der Waals surface area contributed by atoms with E-state index in [0.717, 1.165) is 25.1 Å². The summed E-state index contributed by atoms with van der Waals surface area (Å²) >= 11 is 0. The van der Waals surface area contributed by atoms with Crippen molar-refractivity contribution >= 4 is 0 Å². The topological polar surface area (TPSA) is 60.8 Å². The van der Waals surface area contributed by atoms with Crippen LogP contribution >= 0.6 is 0 Å². The van der Waals surface area contributed by atoms with Crippen LogP contribution in [0, 0.1) is 0 Å². The number of hydrogen-bond donors (Lipinski definition) is 2. The smallest absolute Gasteiger partial charge is 0.416 e. The molecule has 0 bridgehead atoms. The van der Waals surface area contributed by atoms with Crippen molar-refractivity contribution in [2.45, 2.75) is 31.1 Å². The average molecular weight is 287 g/mol. The molecular formula is C13H18F3N4-. The van der Waals surface area contributed by atoms with E-state index in [1.807, 2.05) is 0 Å². The molecule has 1 fully saturated rings. The van der Waals surface area contributed by atoms with Gasteiger partial charge in [-0.3, -0.25) is 4.98 Å². The fraction of sp³-hybridized carbons (Fsp3) is 0.615. The molecule has 1 aliphatic heterocycles. The molecule has 2 rings (SSSR count). The third-order valence-electron chi connectivity index (χ3n) is 3.43. The van der Waals surface area contributed by atoms with E-state index in [1.165, 1.54) is 6.20 Å². The van der Waals surface area contributed by atoms with Gasteiger partial charge in [0.05, 0.1) is 17.3 Å². The number of halogens is 3. The molecule has 0 saturated carbocycles. The van der Waals surface area contributed by atoms with Crippen LogP contribution in [-0.4, -0.2) is 30.7 Å². The van der Waals surface area contributed by atoms with Crippen LogP contribution in [0.1, 0.15) is 30.1 Å². The largest absolute Gasteiger partial charge is 0.676 e. The summed E-state index contributed by atoms with van der Waals surface area (Å²) < 4.78 is 38.1. The first-order chi connectivity index (χ1) is 9.50. The van der Waals surface area contributed by atoms with E-state index in [1.54, 1.807) is 0 Å². The highest BCUT2D eigenvalue weighted by Crippen LogP contribution is 2.31. The van der Waals surface area contributed by atoms with Crippen molar-refractivity contribution in [2.75, 3.05) is 19.6 Å². The first kappa shape index (κ1) is 15.2. The van der Waals surface area contributed by atoms with Gasteiger partial charge >= 0.3 is 6.18 Å². The molecule has 1 aromatic rings. The third kappa shape index (κ3) is 3.91. The summed E-state index contributed by atoms with van der Waals surface area (Å²) in [5.41, 5.74) is 6.88. The Morgan fingerprint density at radius 3 is 2.95 bits per heavy atom. The minimum absolute atomic E-state index is 0.172. The van der Waals surface area contributed by atoms with Crippen LogP contribution in [0.5, 0.6) is 0 Å². The zero-order valence-electron chi connectivity index (χ0n) is 11.0. The van der Waals surface area contributed by atoms with E-state index in [9.17, 15) is 13.2 Å². The molecule has 0 amide bonds. The Labute approximate surface area is 116 Å². The van der Waals surface area contributed by atoms with Crippen molar-refractivity contribution in [2.24, 2.45) is 0 Å². The first-order valence-corrected chi connectivity index (χ1v) is 6.65. The molecule has 1 aromatic heterocycles. The number of alkyl halides is 3. The second-order valence-electron chi connectivity index (χ2n) is 4.90. The normalized spacial score (nSPS) is 23.8. The van der Waals surface area contributed by atoms with Crippen molar-refractivity contribution < 1.29 is 13.2 Å². The second-order valence-corrected chi connectivity index (χ2v) is 4.90. The molecular weight excluding hydrogens is 269 g/mol. The van der Waals surface area contributed by atoms with E-state index in [-0.39, 0.29) is 12.1 Å². The highest BCUT2D eigenvalue weighted by molar-refractivity contribution is 5.22. The van der Waals surface area contributed by atoms with Crippen LogP contribution in [0.15, 0.2) is 18.3 Å². The van der Waals surface area contributed by atoms with Crippen LogP contribution in [0.3, 0.4) is 0 Å². The summed E-state index contributed by atoms with van der Waals surface area (Å²) in [4.78, 5) is 4.06. The van der Waals surface area contributed by atoms with Crippen molar-refractivity contribution in [3.63, 3.8) is 0 Å². The molecule has 4 nitrogen and oxygen atoms in total. The highest BCUT2D eigenvalue weighted by atomic mass is 19.4. The lowest BCUT2D eigenvalue weighted by Crippen LogP contribution is -2.42. The Morgan fingerprint density at radius 1 is 1.45 bits per heavy atom. The van der Waals surface area contributed by atoms with Gasteiger partial charge in [-0.05, 0) is 38.1 Å². The molecule has 2 atom stereocenters. The minimum Gasteiger partial charge on any atom is -0.676 e. The maximum Gasteiger partial charge on any atom is 0.416 e. The zero-order chi connectivity index (χ0) is 14.6. The lowest BCUT2D eigenvalue weighted by Gasteiger charge is -2.31. The van der Waals surface area contributed by atoms with Gasteiger partial charge in [0.15, 0.2) is 0 Å². The number of piperidine rings is 1. The highest BCUT2D eigenvalue weighted by Gasteiger charge is 2.32. The molecule has 2 heterocycles. The number of rotatable bonds is 4. The van der Waals surface area contributed by atoms with Gasteiger partial charge in [-0.2, -0.15) is 13.2 Å². The third-order valence-corrected chi connectivity index (χ3v) is 3.43. The predicted molar refractivity (Wildman–Crippen MR) is 70.2 cm³/mol. The summed E-state index contributed by atoms with van der Waals surface area (Å²) in [5.74, 6) is 0. The molecule has 0 aromatic carbocycles. The Morgan fingerprint density at radius 2 is 2.25 bits per heavy atom. The monoisotopic (exact) mass is 287 g/mol. The van der Waals surface area contributed by atoms with Gasteiger partial charge in [-0.15, -0.1) is 6.54 Å². The van der Waals surface area contributed by atoms with Gasteiger partial charge in [-0.25, -0.2) is 0 Å². The molecule has 7 heteroatoms. The minimum atomic E-state index is -4.34. The number of aromatic nitrogens is 1. The Hall–Kier alpha value is -1.18. The maximum atomic E-state index is 12.7. The average Bonchev–Trinajstić information content (AvgIpc) is 2.45. The quantitative estimate of drug-likeness (QED) is 0.894. The molecule has 0 radical (unpaired) electrons. The van der Waals surface area contributed by atoms with Crippen molar-refractivity contribution in [3.8, 4) is 0 Å². The van der Waals surface area contributed by atoms with Crippen LogP contribution in [0.2, 0.25) is 0 Å². The molecule has 20 heavy (non-hydrogen) atoms. The second kappa shape index (κ2) is 6.51. The summed E-state index contributed by atoms with van der Waals surface area (Å²) in [6.45, 7) is 1.64. The van der Waals surface area contributed by atoms with Gasteiger partial charge in [0.25, 0.3) is 0 Å². The number of nitrogens with one attached hydrogen (secondary N) is 3. The van der Waals surface area contributed by atoms with E-state index < -0.39 is 11.7 Å². The SMILES string of the molecule is [NH-]CCNC1CCNC(c2cc(C(F)(F)F)ccn2)C1. The molecule has 2 unspecified atom stereocenters. The molecule has 112 valence electrons. The maximum absolute atomic E-state index is 12.7. The molecule has 3 N–H and O–H groups in total. The lowest BCUT2D eigenvalue weighted by molar-refractivity contribution is -0.137. The van der Waals surface area contributed by atoms with E-state index >= 15 is 0 Å². The van der Waals surface area contributed by atoms with Crippen LogP contribution in [0.4, 0.5) is 13.2 Å². The molecule has 0 aliphatic carbocycles. The number of nitrogens with zero attached hydrogens (tertiary/aromatic N) is 1. The van der Waals surface area contributed by atoms with Crippen LogP contribution < -0.4 is 10.6 Å². The predicted octanol–water partition coefficient (Wildman–Crippen LogP) is 2.54. The van der Waals surface area contributed by atoms with Gasteiger partial charge in [0, 0.05) is 12.2 Å². The summed E-state index contributed by atoms with van der Waals surface area (Å²) in [7, 11) is 0. The Balaban J connectivity index is 2.07. The first-order valence-electron chi connectivity index (χ1n) is 6.65. The van der Waals surface area contributed by atoms with Crippen LogP contribution in [-0.2, 0) is 6.18 Å². The Kier molecular flexibility index (Phi) is 4.95. The number of hydrogen-bond acceptors (Lipinski definition) is 3. The van der Waals surface area contributed by atoms with Gasteiger partial charge in [0.1, 0.15) is 0 Å². The zero-order valence-corrected chi connectivity index (χ0v) is 11.0. The standard InChI is InChI=1S/C13H18F3N4/c14-13(15,16)9-1-4-19-11(7-9)12-8-10(2-5-20-12)18-6-3-17/h1,4,7,10,12,17-18,20H,2-3,5-6,8H2/q-1. The summed E-state index contributed by atoms with van der Waals surface area (Å²) in [6.07, 6.45) is -1.53. The van der Waals surface area contributed by atoms with Gasteiger partial charge in [-0.1, -0.05) is 0 Å². The molecule has 1 saturated heterocycles. The van der Waals surface area contributed by atoms with Crippen molar-refractivity contribution in [1.29, 1.82) is 0 Å². The van der Waals surface area contributed by atoms with E-state index in [2.05, 4.69) is 15.6 Å². The fourth-order valence-corrected chi connectivity index (χ4v) is 2.42. The summed E-state index contributed by atoms with van der Waals surface area (Å²) in [6, 6.07) is 2.16. The Bertz CT molecular complexity index is 436. The van der Waals surface area contributed by atoms with E-state index in [0.29, 0.717) is 25.2 Å². The van der Waals surface area contributed by atoms with Crippen molar-refractivity contribution in [3.05, 3.63) is 35.3 Å². The number of pyridine rings is 1. The van der Waals surface area contributed by atoms with Crippen LogP contribution in [0.25, 0.3) is 5.73 Å². The molecule has 1 aliphatic rings.